The first-order valence-electron chi connectivity index (χ1n) is 10.5. The highest BCUT2D eigenvalue weighted by molar-refractivity contribution is 5.64. The number of aromatic nitrogens is 7. The average Bonchev–Trinajstić information content (AvgIpc) is 3.43. The summed E-state index contributed by atoms with van der Waals surface area (Å²) in [5.41, 5.74) is 2.61. The molecule has 1 N–H and O–H groups in total. The molecule has 162 valence electrons. The summed E-state index contributed by atoms with van der Waals surface area (Å²) in [6.45, 7) is 2.79. The van der Waals surface area contributed by atoms with Gasteiger partial charge in [-0.2, -0.15) is 9.78 Å². The van der Waals surface area contributed by atoms with Crippen LogP contribution < -0.4 is 9.42 Å². The molecule has 0 saturated carbocycles. The van der Waals surface area contributed by atoms with Gasteiger partial charge in [-0.3, -0.25) is 4.57 Å². The van der Waals surface area contributed by atoms with Crippen LogP contribution in [0, 0.1) is 12.7 Å². The third-order valence-corrected chi connectivity index (χ3v) is 5.52. The van der Waals surface area contributed by atoms with Crippen LogP contribution in [0.15, 0.2) is 43.0 Å². The van der Waals surface area contributed by atoms with Gasteiger partial charge >= 0.3 is 5.82 Å². The lowest BCUT2D eigenvalue weighted by molar-refractivity contribution is -0.763. The first-order valence-corrected chi connectivity index (χ1v) is 10.5. The summed E-state index contributed by atoms with van der Waals surface area (Å²) < 4.78 is 22.6. The van der Waals surface area contributed by atoms with Crippen molar-refractivity contribution in [2.24, 2.45) is 0 Å². The molecule has 1 aromatic carbocycles. The van der Waals surface area contributed by atoms with Crippen molar-refractivity contribution in [2.45, 2.75) is 32.2 Å². The van der Waals surface area contributed by atoms with Crippen molar-refractivity contribution in [2.75, 3.05) is 7.11 Å². The Bertz CT molecular complexity index is 1280. The number of hydrogen-bond donors (Lipinski definition) is 1. The van der Waals surface area contributed by atoms with Crippen molar-refractivity contribution in [3.8, 4) is 11.7 Å². The number of aromatic amines is 1. The van der Waals surface area contributed by atoms with Gasteiger partial charge in [0.2, 0.25) is 5.82 Å². The SMILES string of the molecule is COc1nc(C=Cc2nc3[n+]([nH]2)CCCC3c2ccc(F)cc2)cnc1-n1cnc(C)c1. The van der Waals surface area contributed by atoms with Crippen LogP contribution in [0.3, 0.4) is 0 Å². The minimum Gasteiger partial charge on any atom is -0.478 e. The van der Waals surface area contributed by atoms with Crippen molar-refractivity contribution >= 4 is 12.2 Å². The zero-order chi connectivity index (χ0) is 22.1. The maximum absolute atomic E-state index is 13.3. The fraction of sp³-hybridized carbons (Fsp3) is 0.261. The van der Waals surface area contributed by atoms with Gasteiger partial charge in [0.1, 0.15) is 18.7 Å². The molecule has 32 heavy (non-hydrogen) atoms. The molecule has 0 spiro atoms. The van der Waals surface area contributed by atoms with Gasteiger partial charge in [-0.25, -0.2) is 19.3 Å². The largest absolute Gasteiger partial charge is 0.478 e. The molecule has 0 aliphatic carbocycles. The molecule has 0 amide bonds. The maximum atomic E-state index is 13.3. The maximum Gasteiger partial charge on any atom is 0.327 e. The summed E-state index contributed by atoms with van der Waals surface area (Å²) in [4.78, 5) is 18.0. The fourth-order valence-corrected chi connectivity index (χ4v) is 3.98. The summed E-state index contributed by atoms with van der Waals surface area (Å²) >= 11 is 0. The monoisotopic (exact) mass is 432 g/mol. The van der Waals surface area contributed by atoms with E-state index < -0.39 is 0 Å². The van der Waals surface area contributed by atoms with Crippen molar-refractivity contribution in [1.82, 2.24) is 29.6 Å². The van der Waals surface area contributed by atoms with E-state index in [1.165, 1.54) is 12.1 Å². The van der Waals surface area contributed by atoms with Crippen molar-refractivity contribution < 1.29 is 13.8 Å². The summed E-state index contributed by atoms with van der Waals surface area (Å²) in [7, 11) is 1.57. The van der Waals surface area contributed by atoms with Crippen molar-refractivity contribution in [3.63, 3.8) is 0 Å². The molecule has 4 heterocycles. The van der Waals surface area contributed by atoms with E-state index in [-0.39, 0.29) is 11.7 Å². The fourth-order valence-electron chi connectivity index (χ4n) is 3.98. The molecule has 1 unspecified atom stereocenters. The lowest BCUT2D eigenvalue weighted by atomic mass is 9.91. The van der Waals surface area contributed by atoms with Crippen molar-refractivity contribution in [1.29, 1.82) is 0 Å². The second-order valence-electron chi connectivity index (χ2n) is 7.75. The number of H-pyrrole nitrogens is 1. The minimum atomic E-state index is -0.228. The first-order chi connectivity index (χ1) is 15.6. The zero-order valence-electron chi connectivity index (χ0n) is 17.9. The number of imidazole rings is 1. The molecular formula is C23H23FN7O+. The predicted octanol–water partition coefficient (Wildman–Crippen LogP) is 3.23. The van der Waals surface area contributed by atoms with Gasteiger partial charge in [0.05, 0.1) is 30.6 Å². The van der Waals surface area contributed by atoms with E-state index in [0.717, 1.165) is 42.3 Å². The third-order valence-electron chi connectivity index (χ3n) is 5.52. The van der Waals surface area contributed by atoms with E-state index >= 15 is 0 Å². The summed E-state index contributed by atoms with van der Waals surface area (Å²) in [6.07, 6.45) is 11.0. The number of aryl methyl sites for hydroxylation is 2. The minimum absolute atomic E-state index is 0.139. The van der Waals surface area contributed by atoms with Gasteiger partial charge in [-0.15, -0.1) is 0 Å². The zero-order valence-corrected chi connectivity index (χ0v) is 17.9. The van der Waals surface area contributed by atoms with Crippen LogP contribution in [-0.2, 0) is 6.54 Å². The Morgan fingerprint density at radius 2 is 2.03 bits per heavy atom. The van der Waals surface area contributed by atoms with E-state index in [9.17, 15) is 4.39 Å². The second kappa shape index (κ2) is 8.33. The number of halogens is 1. The lowest BCUT2D eigenvalue weighted by Crippen LogP contribution is -2.44. The van der Waals surface area contributed by atoms with Gasteiger partial charge in [-0.05, 0) is 48.5 Å². The molecule has 8 nitrogen and oxygen atoms in total. The molecule has 3 aromatic heterocycles. The normalized spacial score (nSPS) is 15.8. The van der Waals surface area contributed by atoms with E-state index in [1.54, 1.807) is 24.2 Å². The first kappa shape index (κ1) is 20.0. The Hall–Kier alpha value is -3.88. The second-order valence-corrected chi connectivity index (χ2v) is 7.75. The third kappa shape index (κ3) is 3.89. The van der Waals surface area contributed by atoms with Crippen molar-refractivity contribution in [3.05, 3.63) is 77.4 Å². The van der Waals surface area contributed by atoms with Gasteiger partial charge < -0.3 is 4.74 Å². The molecule has 1 atom stereocenters. The van der Waals surface area contributed by atoms with Crippen LogP contribution in [0.1, 0.15) is 47.4 Å². The predicted molar refractivity (Wildman–Crippen MR) is 116 cm³/mol. The number of benzene rings is 1. The number of methoxy groups -OCH3 is 1. The van der Waals surface area contributed by atoms with Crippen LogP contribution in [0.5, 0.6) is 5.88 Å². The highest BCUT2D eigenvalue weighted by Crippen LogP contribution is 2.29. The van der Waals surface area contributed by atoms with Crippen LogP contribution in [0.4, 0.5) is 4.39 Å². The van der Waals surface area contributed by atoms with Crippen LogP contribution in [0.25, 0.3) is 18.0 Å². The highest BCUT2D eigenvalue weighted by Gasteiger charge is 2.32. The van der Waals surface area contributed by atoms with Gasteiger partial charge in [0.15, 0.2) is 0 Å². The molecule has 0 radical (unpaired) electrons. The number of hydrogen-bond acceptors (Lipinski definition) is 5. The molecule has 4 aromatic rings. The lowest BCUT2D eigenvalue weighted by Gasteiger charge is -2.16. The molecule has 1 aliphatic rings. The number of ether oxygens (including phenoxy) is 1. The topological polar surface area (TPSA) is 85.4 Å². The average molecular weight is 432 g/mol. The van der Waals surface area contributed by atoms with E-state index in [0.29, 0.717) is 17.4 Å². The number of nitrogens with one attached hydrogen (secondary N) is 1. The molecule has 0 saturated heterocycles. The Morgan fingerprint density at radius 3 is 2.78 bits per heavy atom. The summed E-state index contributed by atoms with van der Waals surface area (Å²) in [5, 5.41) is 3.34. The van der Waals surface area contributed by atoms with Crippen LogP contribution >= 0.6 is 0 Å². The van der Waals surface area contributed by atoms with E-state index in [1.807, 2.05) is 37.4 Å². The number of nitrogens with zero attached hydrogens (tertiary/aromatic N) is 6. The summed E-state index contributed by atoms with van der Waals surface area (Å²) in [6, 6.07) is 6.68. The Balaban J connectivity index is 1.40. The molecule has 1 aliphatic heterocycles. The van der Waals surface area contributed by atoms with Gasteiger partial charge in [0, 0.05) is 12.3 Å². The highest BCUT2D eigenvalue weighted by atomic mass is 19.1. The Morgan fingerprint density at radius 1 is 1.19 bits per heavy atom. The Kier molecular flexibility index (Phi) is 5.22. The van der Waals surface area contributed by atoms with Gasteiger partial charge in [-0.1, -0.05) is 12.1 Å². The van der Waals surface area contributed by atoms with Crippen LogP contribution in [-0.4, -0.2) is 36.7 Å². The molecule has 5 rings (SSSR count). The molecule has 9 heteroatoms. The standard InChI is InChI=1S/C23H22FN7O/c1-15-13-30(14-26-15)22-23(32-2)27-18(12-25-22)9-10-20-28-21-19(4-3-11-31(21)29-20)16-5-7-17(24)8-6-16/h5-10,12-14,19H,3-4,11H2,1-2H3/p+1. The Labute approximate surface area is 184 Å². The smallest absolute Gasteiger partial charge is 0.327 e. The summed E-state index contributed by atoms with van der Waals surface area (Å²) in [5.74, 6) is 2.58. The molecule has 0 bridgehead atoms. The van der Waals surface area contributed by atoms with Gasteiger partial charge in [0.25, 0.3) is 11.7 Å². The number of rotatable bonds is 5. The van der Waals surface area contributed by atoms with Crippen LogP contribution in [0.2, 0.25) is 0 Å². The number of fused-ring (bicyclic) bond motifs is 1. The molecule has 0 fully saturated rings. The van der Waals surface area contributed by atoms with E-state index in [2.05, 4.69) is 24.7 Å². The molecular weight excluding hydrogens is 409 g/mol. The van der Waals surface area contributed by atoms with E-state index in [4.69, 9.17) is 9.72 Å². The quantitative estimate of drug-likeness (QED) is 0.490.